The van der Waals surface area contributed by atoms with Crippen molar-refractivity contribution in [1.82, 2.24) is 4.90 Å². The minimum atomic E-state index is -4.92. The van der Waals surface area contributed by atoms with Gasteiger partial charge in [0.1, 0.15) is 5.60 Å². The van der Waals surface area contributed by atoms with Crippen LogP contribution >= 0.6 is 0 Å². The number of nitrogens with one attached hydrogen (secondary N) is 1. The second-order valence-corrected chi connectivity index (χ2v) is 5.86. The molecule has 1 saturated carbocycles. The fourth-order valence-electron chi connectivity index (χ4n) is 2.46. The van der Waals surface area contributed by atoms with Gasteiger partial charge in [0.05, 0.1) is 0 Å². The van der Waals surface area contributed by atoms with E-state index in [0.717, 1.165) is 6.42 Å². The number of hydrogen-bond acceptors (Lipinski definition) is 3. The number of hydrogen-bond donors (Lipinski definition) is 2. The van der Waals surface area contributed by atoms with Gasteiger partial charge in [-0.15, -0.1) is 0 Å². The van der Waals surface area contributed by atoms with Crippen molar-refractivity contribution in [2.75, 3.05) is 11.9 Å². The number of halogens is 3. The summed E-state index contributed by atoms with van der Waals surface area (Å²) in [5, 5.41) is 12.5. The molecule has 0 bridgehead atoms. The second kappa shape index (κ2) is 6.80. The van der Waals surface area contributed by atoms with E-state index >= 15 is 0 Å². The number of carbonyl (C=O) groups excluding carboxylic acids is 2. The Morgan fingerprint density at radius 1 is 1.33 bits per heavy atom. The standard InChI is InChI=1S/C16H19F3N2O3/c1-2-21(14(23)16(17,18)19)10-11-5-3-6-12(9-11)20-13(22)15(24)7-4-8-15/h3,5-6,9,24H,2,4,7-8,10H2,1H3,(H,20,22). The minimum absolute atomic E-state index is 0.0886. The molecule has 1 aliphatic carbocycles. The molecule has 1 fully saturated rings. The molecule has 0 aromatic heterocycles. The molecule has 8 heteroatoms. The van der Waals surface area contributed by atoms with Crippen LogP contribution in [0.25, 0.3) is 0 Å². The molecule has 0 radical (unpaired) electrons. The number of nitrogens with zero attached hydrogens (tertiary/aromatic N) is 1. The lowest BCUT2D eigenvalue weighted by Gasteiger charge is -2.34. The van der Waals surface area contributed by atoms with Crippen molar-refractivity contribution in [3.63, 3.8) is 0 Å². The van der Waals surface area contributed by atoms with Gasteiger partial charge in [0.2, 0.25) is 0 Å². The fraction of sp³-hybridized carbons (Fsp3) is 0.500. The Kier molecular flexibility index (Phi) is 5.17. The Bertz CT molecular complexity index is 627. The zero-order chi connectivity index (χ0) is 18.0. The number of amides is 2. The van der Waals surface area contributed by atoms with Gasteiger partial charge in [-0.1, -0.05) is 12.1 Å². The molecule has 1 aromatic carbocycles. The van der Waals surface area contributed by atoms with Crippen LogP contribution in [0, 0.1) is 0 Å². The van der Waals surface area contributed by atoms with Crippen LogP contribution in [0.5, 0.6) is 0 Å². The average molecular weight is 344 g/mol. The van der Waals surface area contributed by atoms with Crippen molar-refractivity contribution in [3.05, 3.63) is 29.8 Å². The quantitative estimate of drug-likeness (QED) is 0.862. The van der Waals surface area contributed by atoms with Crippen molar-refractivity contribution in [3.8, 4) is 0 Å². The zero-order valence-electron chi connectivity index (χ0n) is 13.2. The first kappa shape index (κ1) is 18.3. The minimum Gasteiger partial charge on any atom is -0.380 e. The van der Waals surface area contributed by atoms with Gasteiger partial charge >= 0.3 is 12.1 Å². The van der Waals surface area contributed by atoms with Crippen molar-refractivity contribution in [2.45, 2.75) is 44.5 Å². The highest BCUT2D eigenvalue weighted by Gasteiger charge is 2.42. The Morgan fingerprint density at radius 3 is 2.50 bits per heavy atom. The number of rotatable bonds is 5. The molecule has 0 atom stereocenters. The van der Waals surface area contributed by atoms with E-state index in [1.165, 1.54) is 13.0 Å². The third kappa shape index (κ3) is 4.05. The summed E-state index contributed by atoms with van der Waals surface area (Å²) >= 11 is 0. The van der Waals surface area contributed by atoms with Gasteiger partial charge in [0, 0.05) is 18.8 Å². The fourth-order valence-corrected chi connectivity index (χ4v) is 2.46. The van der Waals surface area contributed by atoms with Crippen LogP contribution in [0.1, 0.15) is 31.7 Å². The summed E-state index contributed by atoms with van der Waals surface area (Å²) in [7, 11) is 0. The molecule has 132 valence electrons. The molecule has 2 N–H and O–H groups in total. The number of aliphatic hydroxyl groups is 1. The first-order chi connectivity index (χ1) is 11.2. The molecule has 0 aliphatic heterocycles. The maximum atomic E-state index is 12.5. The van der Waals surface area contributed by atoms with Crippen LogP contribution in [-0.2, 0) is 16.1 Å². The molecule has 5 nitrogen and oxygen atoms in total. The maximum absolute atomic E-state index is 12.5. The molecular weight excluding hydrogens is 325 g/mol. The Balaban J connectivity index is 2.06. The van der Waals surface area contributed by atoms with Gasteiger partial charge in [-0.25, -0.2) is 0 Å². The van der Waals surface area contributed by atoms with E-state index < -0.39 is 23.6 Å². The van der Waals surface area contributed by atoms with Crippen LogP contribution in [0.15, 0.2) is 24.3 Å². The average Bonchev–Trinajstić information content (AvgIpc) is 2.49. The molecule has 0 heterocycles. The van der Waals surface area contributed by atoms with Crippen LogP contribution in [0.4, 0.5) is 18.9 Å². The van der Waals surface area contributed by atoms with Gasteiger partial charge in [0.15, 0.2) is 0 Å². The van der Waals surface area contributed by atoms with Crippen molar-refractivity contribution in [1.29, 1.82) is 0 Å². The molecule has 0 unspecified atom stereocenters. The topological polar surface area (TPSA) is 69.6 Å². The van der Waals surface area contributed by atoms with E-state index in [9.17, 15) is 27.9 Å². The largest absolute Gasteiger partial charge is 0.471 e. The summed E-state index contributed by atoms with van der Waals surface area (Å²) in [5.41, 5.74) is -0.543. The SMILES string of the molecule is CCN(Cc1cccc(NC(=O)C2(O)CCC2)c1)C(=O)C(F)(F)F. The predicted molar refractivity (Wildman–Crippen MR) is 81.0 cm³/mol. The Hall–Kier alpha value is -2.09. The number of alkyl halides is 3. The summed E-state index contributed by atoms with van der Waals surface area (Å²) in [6.45, 7) is 1.15. The van der Waals surface area contributed by atoms with E-state index in [1.807, 2.05) is 0 Å². The van der Waals surface area contributed by atoms with Crippen LogP contribution < -0.4 is 5.32 Å². The van der Waals surface area contributed by atoms with E-state index in [0.29, 0.717) is 29.0 Å². The molecule has 1 aliphatic rings. The summed E-state index contributed by atoms with van der Waals surface area (Å²) in [6, 6.07) is 6.21. The monoisotopic (exact) mass is 344 g/mol. The van der Waals surface area contributed by atoms with Gasteiger partial charge in [-0.2, -0.15) is 13.2 Å². The smallest absolute Gasteiger partial charge is 0.380 e. The lowest BCUT2D eigenvalue weighted by molar-refractivity contribution is -0.185. The van der Waals surface area contributed by atoms with E-state index in [1.54, 1.807) is 18.2 Å². The van der Waals surface area contributed by atoms with Crippen LogP contribution in [-0.4, -0.2) is 40.1 Å². The normalized spacial score (nSPS) is 16.2. The van der Waals surface area contributed by atoms with Crippen molar-refractivity contribution >= 4 is 17.5 Å². The van der Waals surface area contributed by atoms with Gasteiger partial charge < -0.3 is 15.3 Å². The Labute approximate surface area is 137 Å². The lowest BCUT2D eigenvalue weighted by Crippen LogP contribution is -2.48. The second-order valence-electron chi connectivity index (χ2n) is 5.86. The highest BCUT2D eigenvalue weighted by Crippen LogP contribution is 2.32. The molecular formula is C16H19F3N2O3. The van der Waals surface area contributed by atoms with Crippen LogP contribution in [0.3, 0.4) is 0 Å². The molecule has 2 amide bonds. The maximum Gasteiger partial charge on any atom is 0.471 e. The molecule has 1 aromatic rings. The van der Waals surface area contributed by atoms with Gasteiger partial charge in [-0.05, 0) is 43.9 Å². The molecule has 24 heavy (non-hydrogen) atoms. The third-order valence-corrected chi connectivity index (χ3v) is 4.07. The summed E-state index contributed by atoms with van der Waals surface area (Å²) in [6.07, 6.45) is -3.37. The Morgan fingerprint density at radius 2 is 2.00 bits per heavy atom. The van der Waals surface area contributed by atoms with Crippen molar-refractivity contribution < 1.29 is 27.9 Å². The predicted octanol–water partition coefficient (Wildman–Crippen LogP) is 2.45. The van der Waals surface area contributed by atoms with Gasteiger partial charge in [-0.3, -0.25) is 9.59 Å². The molecule has 0 spiro atoms. The van der Waals surface area contributed by atoms with E-state index in [2.05, 4.69) is 5.32 Å². The first-order valence-corrected chi connectivity index (χ1v) is 7.64. The zero-order valence-corrected chi connectivity index (χ0v) is 13.2. The third-order valence-electron chi connectivity index (χ3n) is 4.07. The van der Waals surface area contributed by atoms with Crippen LogP contribution in [0.2, 0.25) is 0 Å². The lowest BCUT2D eigenvalue weighted by atomic mass is 9.79. The molecule has 2 rings (SSSR count). The molecule has 0 saturated heterocycles. The summed E-state index contributed by atoms with van der Waals surface area (Å²) in [5.74, 6) is -2.42. The van der Waals surface area contributed by atoms with Crippen molar-refractivity contribution in [2.24, 2.45) is 0 Å². The summed E-state index contributed by atoms with van der Waals surface area (Å²) < 4.78 is 37.6. The number of anilines is 1. The number of benzene rings is 1. The highest BCUT2D eigenvalue weighted by atomic mass is 19.4. The van der Waals surface area contributed by atoms with E-state index in [4.69, 9.17) is 0 Å². The van der Waals surface area contributed by atoms with E-state index in [-0.39, 0.29) is 13.1 Å². The summed E-state index contributed by atoms with van der Waals surface area (Å²) in [4.78, 5) is 24.0. The first-order valence-electron chi connectivity index (χ1n) is 7.64. The number of carbonyl (C=O) groups is 2. The van der Waals surface area contributed by atoms with Gasteiger partial charge in [0.25, 0.3) is 5.91 Å². The highest BCUT2D eigenvalue weighted by molar-refractivity contribution is 5.97.